The maximum Gasteiger partial charge on any atom is 0.251 e. The number of H-pyrrole nitrogens is 1. The molecule has 0 fully saturated rings. The predicted molar refractivity (Wildman–Crippen MR) is 112 cm³/mol. The molecule has 5 rings (SSSR count). The van der Waals surface area contributed by atoms with E-state index in [1.165, 1.54) is 27.7 Å². The lowest BCUT2D eigenvalue weighted by Gasteiger charge is -2.29. The molecule has 2 N–H and O–H groups in total. The molecule has 6 nitrogen and oxygen atoms in total. The zero-order valence-electron chi connectivity index (χ0n) is 15.6. The highest BCUT2D eigenvalue weighted by atomic mass is 15.3. The molecule has 3 heterocycles. The van der Waals surface area contributed by atoms with Crippen molar-refractivity contribution in [2.24, 2.45) is 0 Å². The molecule has 0 radical (unpaired) electrons. The van der Waals surface area contributed by atoms with Gasteiger partial charge in [0.15, 0.2) is 5.82 Å². The van der Waals surface area contributed by atoms with Crippen molar-refractivity contribution in [3.8, 4) is 0 Å². The van der Waals surface area contributed by atoms with Gasteiger partial charge in [-0.2, -0.15) is 10.1 Å². The van der Waals surface area contributed by atoms with Crippen molar-refractivity contribution in [2.75, 3.05) is 23.3 Å². The number of aryl methyl sites for hydroxylation is 1. The third-order valence-electron chi connectivity index (χ3n) is 5.27. The second kappa shape index (κ2) is 7.31. The molecule has 0 amide bonds. The molecule has 4 aromatic rings. The highest BCUT2D eigenvalue weighted by Crippen LogP contribution is 2.31. The number of rotatable bonds is 5. The summed E-state index contributed by atoms with van der Waals surface area (Å²) in [5, 5.41) is 13.1. The molecule has 6 heteroatoms. The Hall–Kier alpha value is -3.41. The summed E-state index contributed by atoms with van der Waals surface area (Å²) >= 11 is 0. The Bertz CT molecular complexity index is 1100. The van der Waals surface area contributed by atoms with Gasteiger partial charge < -0.3 is 15.2 Å². The number of fused-ring (bicyclic) bond motifs is 2. The number of nitrogens with zero attached hydrogens (tertiary/aromatic N) is 4. The van der Waals surface area contributed by atoms with Gasteiger partial charge in [-0.25, -0.2) is 0 Å². The largest absolute Gasteiger partial charge is 0.368 e. The van der Waals surface area contributed by atoms with E-state index in [0.29, 0.717) is 5.95 Å². The summed E-state index contributed by atoms with van der Waals surface area (Å²) in [5.41, 5.74) is 5.00. The van der Waals surface area contributed by atoms with Gasteiger partial charge in [-0.1, -0.05) is 36.4 Å². The van der Waals surface area contributed by atoms with E-state index in [0.717, 1.165) is 38.2 Å². The number of para-hydroxylation sites is 2. The number of nitrogens with one attached hydrogen (secondary N) is 2. The summed E-state index contributed by atoms with van der Waals surface area (Å²) in [7, 11) is 0. The number of anilines is 3. The maximum atomic E-state index is 4.71. The van der Waals surface area contributed by atoms with Gasteiger partial charge >= 0.3 is 0 Å². The minimum Gasteiger partial charge on any atom is -0.368 e. The van der Waals surface area contributed by atoms with Gasteiger partial charge in [0.2, 0.25) is 0 Å². The Morgan fingerprint density at radius 1 is 1.07 bits per heavy atom. The molecule has 0 bridgehead atoms. The first-order valence-corrected chi connectivity index (χ1v) is 9.72. The van der Waals surface area contributed by atoms with E-state index in [1.54, 1.807) is 6.20 Å². The smallest absolute Gasteiger partial charge is 0.251 e. The summed E-state index contributed by atoms with van der Waals surface area (Å²) in [6, 6.07) is 16.8. The molecule has 28 heavy (non-hydrogen) atoms. The Balaban J connectivity index is 1.30. The Morgan fingerprint density at radius 3 is 2.96 bits per heavy atom. The molecule has 2 aromatic heterocycles. The molecule has 0 unspecified atom stereocenters. The summed E-state index contributed by atoms with van der Waals surface area (Å²) in [4.78, 5) is 10.2. The standard InChI is InChI=1S/C22H22N6/c1-4-10-20-16(6-1)7-5-13-28(20)22-26-21(15-25-27-22)23-12-11-17-14-24-19-9-3-2-8-18(17)19/h1-4,6,8-10,14-15,24H,5,7,11-13H2,(H,23,26,27). The van der Waals surface area contributed by atoms with Crippen LogP contribution in [0.3, 0.4) is 0 Å². The lowest BCUT2D eigenvalue weighted by atomic mass is 10.0. The van der Waals surface area contributed by atoms with Gasteiger partial charge in [-0.15, -0.1) is 5.10 Å². The van der Waals surface area contributed by atoms with E-state index in [4.69, 9.17) is 4.98 Å². The highest BCUT2D eigenvalue weighted by molar-refractivity contribution is 5.83. The fourth-order valence-corrected chi connectivity index (χ4v) is 3.90. The lowest BCUT2D eigenvalue weighted by molar-refractivity contribution is 0.741. The Labute approximate surface area is 163 Å². The minimum absolute atomic E-state index is 0.657. The zero-order chi connectivity index (χ0) is 18.8. The highest BCUT2D eigenvalue weighted by Gasteiger charge is 2.20. The average Bonchev–Trinajstić information content (AvgIpc) is 3.17. The number of benzene rings is 2. The van der Waals surface area contributed by atoms with Gasteiger partial charge in [0.1, 0.15) is 0 Å². The van der Waals surface area contributed by atoms with Crippen LogP contribution in [0.4, 0.5) is 17.5 Å². The molecule has 1 aliphatic heterocycles. The van der Waals surface area contributed by atoms with Crippen LogP contribution in [0.25, 0.3) is 10.9 Å². The molecule has 0 atom stereocenters. The van der Waals surface area contributed by atoms with Gasteiger partial charge in [0.05, 0.1) is 6.20 Å². The zero-order valence-corrected chi connectivity index (χ0v) is 15.6. The fourth-order valence-electron chi connectivity index (χ4n) is 3.90. The summed E-state index contributed by atoms with van der Waals surface area (Å²) < 4.78 is 0. The van der Waals surface area contributed by atoms with Gasteiger partial charge in [-0.3, -0.25) is 0 Å². The summed E-state index contributed by atoms with van der Waals surface area (Å²) in [5.74, 6) is 1.41. The second-order valence-corrected chi connectivity index (χ2v) is 7.06. The van der Waals surface area contributed by atoms with Crippen LogP contribution >= 0.6 is 0 Å². The third-order valence-corrected chi connectivity index (χ3v) is 5.27. The van der Waals surface area contributed by atoms with Crippen LogP contribution in [0.15, 0.2) is 60.9 Å². The molecular weight excluding hydrogens is 348 g/mol. The second-order valence-electron chi connectivity index (χ2n) is 7.06. The van der Waals surface area contributed by atoms with Gasteiger partial charge in [0.25, 0.3) is 5.95 Å². The van der Waals surface area contributed by atoms with Crippen LogP contribution in [0.5, 0.6) is 0 Å². The predicted octanol–water partition coefficient (Wildman–Crippen LogP) is 4.09. The number of hydrogen-bond donors (Lipinski definition) is 2. The lowest BCUT2D eigenvalue weighted by Crippen LogP contribution is -2.26. The van der Waals surface area contributed by atoms with E-state index in [1.807, 2.05) is 6.07 Å². The average molecular weight is 370 g/mol. The first kappa shape index (κ1) is 16.7. The monoisotopic (exact) mass is 370 g/mol. The van der Waals surface area contributed by atoms with Crippen molar-refractivity contribution >= 4 is 28.4 Å². The van der Waals surface area contributed by atoms with E-state index in [-0.39, 0.29) is 0 Å². The summed E-state index contributed by atoms with van der Waals surface area (Å²) in [6.45, 7) is 1.70. The Morgan fingerprint density at radius 2 is 1.96 bits per heavy atom. The first-order chi connectivity index (χ1) is 13.9. The molecule has 0 saturated carbocycles. The third kappa shape index (κ3) is 3.17. The molecule has 0 saturated heterocycles. The van der Waals surface area contributed by atoms with Crippen molar-refractivity contribution < 1.29 is 0 Å². The quantitative estimate of drug-likeness (QED) is 0.554. The van der Waals surface area contributed by atoms with Crippen LogP contribution in [0.2, 0.25) is 0 Å². The number of aromatic amines is 1. The normalized spacial score (nSPS) is 13.5. The van der Waals surface area contributed by atoms with Crippen molar-refractivity contribution in [1.82, 2.24) is 20.2 Å². The molecule has 140 valence electrons. The first-order valence-electron chi connectivity index (χ1n) is 9.72. The fraction of sp³-hybridized carbons (Fsp3) is 0.227. The van der Waals surface area contributed by atoms with Crippen LogP contribution in [0.1, 0.15) is 17.5 Å². The number of aromatic nitrogens is 4. The van der Waals surface area contributed by atoms with Crippen molar-refractivity contribution in [1.29, 1.82) is 0 Å². The van der Waals surface area contributed by atoms with Crippen molar-refractivity contribution in [3.05, 3.63) is 72.1 Å². The maximum absolute atomic E-state index is 4.71. The van der Waals surface area contributed by atoms with Crippen molar-refractivity contribution in [2.45, 2.75) is 19.3 Å². The van der Waals surface area contributed by atoms with Crippen molar-refractivity contribution in [3.63, 3.8) is 0 Å². The van der Waals surface area contributed by atoms with Gasteiger partial charge in [0, 0.05) is 35.9 Å². The minimum atomic E-state index is 0.657. The number of hydrogen-bond acceptors (Lipinski definition) is 5. The van der Waals surface area contributed by atoms with Crippen LogP contribution in [0, 0.1) is 0 Å². The van der Waals surface area contributed by atoms with E-state index in [9.17, 15) is 0 Å². The molecule has 2 aromatic carbocycles. The molecule has 1 aliphatic rings. The Kier molecular flexibility index (Phi) is 4.37. The topological polar surface area (TPSA) is 69.7 Å². The van der Waals surface area contributed by atoms with Crippen LogP contribution in [-0.2, 0) is 12.8 Å². The molecule has 0 spiro atoms. The molecule has 0 aliphatic carbocycles. The molecular formula is C22H22N6. The van der Waals surface area contributed by atoms with Gasteiger partial charge in [-0.05, 0) is 42.5 Å². The summed E-state index contributed by atoms with van der Waals surface area (Å²) in [6.07, 6.45) is 6.88. The van der Waals surface area contributed by atoms with Crippen LogP contribution in [-0.4, -0.2) is 33.3 Å². The van der Waals surface area contributed by atoms with E-state index < -0.39 is 0 Å². The SMILES string of the molecule is c1ccc2c(c1)CCCN2c1nncc(NCCc2c[nH]c3ccccc23)n1. The van der Waals surface area contributed by atoms with Crippen LogP contribution < -0.4 is 10.2 Å². The van der Waals surface area contributed by atoms with E-state index in [2.05, 4.69) is 74.1 Å². The van der Waals surface area contributed by atoms with E-state index >= 15 is 0 Å².